The first-order valence-electron chi connectivity index (χ1n) is 10.5. The van der Waals surface area contributed by atoms with Crippen LogP contribution in [0.3, 0.4) is 0 Å². The van der Waals surface area contributed by atoms with Crippen LogP contribution in [0.2, 0.25) is 0 Å². The molecule has 2 aromatic rings. The van der Waals surface area contributed by atoms with E-state index >= 15 is 0 Å². The number of nitrogens with zero attached hydrogens (tertiary/aromatic N) is 4. The van der Waals surface area contributed by atoms with Gasteiger partial charge in [-0.1, -0.05) is 43.7 Å². The zero-order valence-corrected chi connectivity index (χ0v) is 17.4. The standard InChI is InChI=1S/C23H32N4O/c1-4-5-13-26(3)23-24-18(2)16-21(25-23)22(28)27-14-11-20(12-15-27)17-19-9-7-6-8-10-19/h6-10,16,20H,4-5,11-15,17H2,1-3H3. The molecule has 0 atom stereocenters. The Bertz CT molecular complexity index is 769. The van der Waals surface area contributed by atoms with Gasteiger partial charge in [0.05, 0.1) is 0 Å². The molecule has 1 aliphatic rings. The van der Waals surface area contributed by atoms with Gasteiger partial charge in [-0.15, -0.1) is 0 Å². The molecular formula is C23H32N4O. The number of piperidine rings is 1. The average molecular weight is 381 g/mol. The van der Waals surface area contributed by atoms with Crippen molar-refractivity contribution in [2.75, 3.05) is 31.6 Å². The van der Waals surface area contributed by atoms with E-state index in [4.69, 9.17) is 0 Å². The number of benzene rings is 1. The second kappa shape index (κ2) is 9.67. The molecule has 0 radical (unpaired) electrons. The van der Waals surface area contributed by atoms with E-state index in [9.17, 15) is 4.79 Å². The predicted octanol–water partition coefficient (Wildman–Crippen LogP) is 4.12. The lowest BCUT2D eigenvalue weighted by Gasteiger charge is -2.32. The van der Waals surface area contributed by atoms with Gasteiger partial charge in [0, 0.05) is 32.4 Å². The molecule has 1 amide bonds. The van der Waals surface area contributed by atoms with Crippen LogP contribution in [-0.4, -0.2) is 47.5 Å². The summed E-state index contributed by atoms with van der Waals surface area (Å²) in [6.07, 6.45) is 5.41. The van der Waals surface area contributed by atoms with Gasteiger partial charge in [-0.2, -0.15) is 0 Å². The van der Waals surface area contributed by atoms with Crippen LogP contribution in [0.4, 0.5) is 5.95 Å². The third-order valence-electron chi connectivity index (χ3n) is 5.52. The minimum atomic E-state index is 0.0359. The number of hydrogen-bond acceptors (Lipinski definition) is 4. The van der Waals surface area contributed by atoms with Gasteiger partial charge >= 0.3 is 0 Å². The van der Waals surface area contributed by atoms with Crippen molar-refractivity contribution in [3.63, 3.8) is 0 Å². The Morgan fingerprint density at radius 3 is 2.57 bits per heavy atom. The number of carbonyl (C=O) groups is 1. The van der Waals surface area contributed by atoms with Crippen molar-refractivity contribution >= 4 is 11.9 Å². The molecule has 1 aromatic carbocycles. The van der Waals surface area contributed by atoms with Crippen molar-refractivity contribution in [1.29, 1.82) is 0 Å². The largest absolute Gasteiger partial charge is 0.344 e. The van der Waals surface area contributed by atoms with Crippen molar-refractivity contribution in [1.82, 2.24) is 14.9 Å². The smallest absolute Gasteiger partial charge is 0.272 e. The molecule has 1 saturated heterocycles. The Morgan fingerprint density at radius 1 is 1.18 bits per heavy atom. The number of aromatic nitrogens is 2. The first kappa shape index (κ1) is 20.3. The number of rotatable bonds is 7. The number of hydrogen-bond donors (Lipinski definition) is 0. The molecule has 150 valence electrons. The van der Waals surface area contributed by atoms with Crippen molar-refractivity contribution < 1.29 is 4.79 Å². The highest BCUT2D eigenvalue weighted by Gasteiger charge is 2.25. The molecule has 1 aliphatic heterocycles. The van der Waals surface area contributed by atoms with Crippen LogP contribution in [0.15, 0.2) is 36.4 Å². The van der Waals surface area contributed by atoms with E-state index in [0.717, 1.165) is 57.4 Å². The maximum atomic E-state index is 13.0. The molecule has 2 heterocycles. The van der Waals surface area contributed by atoms with E-state index in [1.54, 1.807) is 0 Å². The highest BCUT2D eigenvalue weighted by Crippen LogP contribution is 2.23. The number of aryl methyl sites for hydroxylation is 1. The van der Waals surface area contributed by atoms with Gasteiger partial charge in [-0.25, -0.2) is 9.97 Å². The van der Waals surface area contributed by atoms with E-state index < -0.39 is 0 Å². The van der Waals surface area contributed by atoms with Crippen molar-refractivity contribution in [2.24, 2.45) is 5.92 Å². The molecule has 0 aliphatic carbocycles. The topological polar surface area (TPSA) is 49.3 Å². The SMILES string of the molecule is CCCCN(C)c1nc(C)cc(C(=O)N2CCC(Cc3ccccc3)CC2)n1. The molecule has 3 rings (SSSR count). The van der Waals surface area contributed by atoms with Crippen LogP contribution >= 0.6 is 0 Å². The molecule has 1 aromatic heterocycles. The van der Waals surface area contributed by atoms with Crippen molar-refractivity contribution in [3.8, 4) is 0 Å². The van der Waals surface area contributed by atoms with E-state index in [1.165, 1.54) is 5.56 Å². The Morgan fingerprint density at radius 2 is 1.89 bits per heavy atom. The Labute approximate surface area is 168 Å². The van der Waals surface area contributed by atoms with Crippen LogP contribution < -0.4 is 4.90 Å². The molecule has 5 nitrogen and oxygen atoms in total. The van der Waals surface area contributed by atoms with E-state index in [-0.39, 0.29) is 5.91 Å². The molecule has 0 N–H and O–H groups in total. The summed E-state index contributed by atoms with van der Waals surface area (Å²) in [5.41, 5.74) is 2.75. The number of anilines is 1. The molecule has 0 bridgehead atoms. The van der Waals surface area contributed by atoms with E-state index in [1.807, 2.05) is 29.8 Å². The minimum absolute atomic E-state index is 0.0359. The third-order valence-corrected chi connectivity index (χ3v) is 5.52. The van der Waals surface area contributed by atoms with Gasteiger partial charge in [0.15, 0.2) is 0 Å². The van der Waals surface area contributed by atoms with Crippen LogP contribution in [0.1, 0.15) is 54.4 Å². The summed E-state index contributed by atoms with van der Waals surface area (Å²) < 4.78 is 0. The lowest BCUT2D eigenvalue weighted by Crippen LogP contribution is -2.39. The maximum Gasteiger partial charge on any atom is 0.272 e. The summed E-state index contributed by atoms with van der Waals surface area (Å²) >= 11 is 0. The van der Waals surface area contributed by atoms with Crippen LogP contribution in [0.25, 0.3) is 0 Å². The van der Waals surface area contributed by atoms with Crippen LogP contribution in [0.5, 0.6) is 0 Å². The highest BCUT2D eigenvalue weighted by atomic mass is 16.2. The summed E-state index contributed by atoms with van der Waals surface area (Å²) in [4.78, 5) is 26.1. The average Bonchev–Trinajstić information content (AvgIpc) is 2.72. The third kappa shape index (κ3) is 5.31. The normalized spacial score (nSPS) is 14.9. The number of carbonyl (C=O) groups excluding carboxylic acids is 1. The lowest BCUT2D eigenvalue weighted by atomic mass is 9.90. The predicted molar refractivity (Wildman–Crippen MR) is 114 cm³/mol. The van der Waals surface area contributed by atoms with Gasteiger partial charge in [0.25, 0.3) is 5.91 Å². The fourth-order valence-corrected chi connectivity index (χ4v) is 3.78. The fraction of sp³-hybridized carbons (Fsp3) is 0.522. The highest BCUT2D eigenvalue weighted by molar-refractivity contribution is 5.92. The van der Waals surface area contributed by atoms with Gasteiger partial charge in [0.2, 0.25) is 5.95 Å². The van der Waals surface area contributed by atoms with Crippen LogP contribution in [-0.2, 0) is 6.42 Å². The Balaban J connectivity index is 1.61. The zero-order valence-electron chi connectivity index (χ0n) is 17.4. The Kier molecular flexibility index (Phi) is 7.01. The summed E-state index contributed by atoms with van der Waals surface area (Å²) in [7, 11) is 1.99. The summed E-state index contributed by atoms with van der Waals surface area (Å²) in [6.45, 7) is 6.61. The molecule has 1 fully saturated rings. The van der Waals surface area contributed by atoms with Gasteiger partial charge in [-0.05, 0) is 50.2 Å². The number of likely N-dealkylation sites (tertiary alicyclic amines) is 1. The molecule has 0 saturated carbocycles. The van der Waals surface area contributed by atoms with Crippen molar-refractivity contribution in [2.45, 2.75) is 46.0 Å². The van der Waals surface area contributed by atoms with Crippen molar-refractivity contribution in [3.05, 3.63) is 53.3 Å². The molecule has 0 spiro atoms. The second-order valence-electron chi connectivity index (χ2n) is 7.89. The monoisotopic (exact) mass is 380 g/mol. The summed E-state index contributed by atoms with van der Waals surface area (Å²) in [5, 5.41) is 0. The van der Waals surface area contributed by atoms with Gasteiger partial charge in [-0.3, -0.25) is 4.79 Å². The summed E-state index contributed by atoms with van der Waals surface area (Å²) in [5.74, 6) is 1.33. The number of amides is 1. The molecule has 0 unspecified atom stereocenters. The van der Waals surface area contributed by atoms with Crippen LogP contribution in [0, 0.1) is 12.8 Å². The number of unbranched alkanes of at least 4 members (excludes halogenated alkanes) is 1. The Hall–Kier alpha value is -2.43. The summed E-state index contributed by atoms with van der Waals surface area (Å²) in [6, 6.07) is 12.5. The second-order valence-corrected chi connectivity index (χ2v) is 7.89. The fourth-order valence-electron chi connectivity index (χ4n) is 3.78. The minimum Gasteiger partial charge on any atom is -0.344 e. The van der Waals surface area contributed by atoms with Gasteiger partial charge < -0.3 is 9.80 Å². The lowest BCUT2D eigenvalue weighted by molar-refractivity contribution is 0.0684. The molecule has 28 heavy (non-hydrogen) atoms. The van der Waals surface area contributed by atoms with E-state index in [0.29, 0.717) is 17.6 Å². The first-order chi connectivity index (χ1) is 13.6. The molecular weight excluding hydrogens is 348 g/mol. The quantitative estimate of drug-likeness (QED) is 0.725. The maximum absolute atomic E-state index is 13.0. The van der Waals surface area contributed by atoms with Gasteiger partial charge in [0.1, 0.15) is 5.69 Å². The van der Waals surface area contributed by atoms with E-state index in [2.05, 4.69) is 47.2 Å². The zero-order chi connectivity index (χ0) is 19.9. The molecule has 5 heteroatoms. The first-order valence-corrected chi connectivity index (χ1v) is 10.5.